The van der Waals surface area contributed by atoms with E-state index in [9.17, 15) is 13.2 Å². The van der Waals surface area contributed by atoms with Crippen LogP contribution in [-0.4, -0.2) is 20.3 Å². The first kappa shape index (κ1) is 14.3. The van der Waals surface area contributed by atoms with Crippen molar-refractivity contribution in [3.8, 4) is 0 Å². The molecule has 1 aromatic rings. The van der Waals surface area contributed by atoms with E-state index in [1.54, 1.807) is 7.11 Å². The van der Waals surface area contributed by atoms with Crippen molar-refractivity contribution >= 4 is 21.6 Å². The number of halogens is 4. The maximum atomic E-state index is 12.5. The molecular formula is C11H13BrF3NO. The molecule has 17 heavy (non-hydrogen) atoms. The highest BCUT2D eigenvalue weighted by Crippen LogP contribution is 2.33. The lowest BCUT2D eigenvalue weighted by Crippen LogP contribution is -2.08. The van der Waals surface area contributed by atoms with E-state index in [-0.39, 0.29) is 0 Å². The van der Waals surface area contributed by atoms with Gasteiger partial charge >= 0.3 is 6.18 Å². The second-order valence-corrected chi connectivity index (χ2v) is 4.32. The van der Waals surface area contributed by atoms with Crippen LogP contribution in [0.5, 0.6) is 0 Å². The van der Waals surface area contributed by atoms with Crippen molar-refractivity contribution in [3.05, 3.63) is 28.2 Å². The fourth-order valence-corrected chi connectivity index (χ4v) is 1.66. The lowest BCUT2D eigenvalue weighted by molar-refractivity contribution is -0.137. The van der Waals surface area contributed by atoms with Crippen LogP contribution in [0.3, 0.4) is 0 Å². The summed E-state index contributed by atoms with van der Waals surface area (Å²) in [5.41, 5.74) is -0.217. The maximum Gasteiger partial charge on any atom is 0.416 e. The minimum Gasteiger partial charge on any atom is -0.385 e. The molecule has 0 bridgehead atoms. The summed E-state index contributed by atoms with van der Waals surface area (Å²) in [4.78, 5) is 0. The number of ether oxygens (including phenoxy) is 1. The van der Waals surface area contributed by atoms with Gasteiger partial charge < -0.3 is 10.1 Å². The first-order chi connectivity index (χ1) is 7.95. The molecule has 0 atom stereocenters. The zero-order valence-electron chi connectivity index (χ0n) is 9.27. The third-order valence-corrected chi connectivity index (χ3v) is 2.83. The van der Waals surface area contributed by atoms with Crippen LogP contribution in [0.2, 0.25) is 0 Å². The van der Waals surface area contributed by atoms with Crippen LogP contribution in [0, 0.1) is 0 Å². The topological polar surface area (TPSA) is 21.3 Å². The molecule has 1 aromatic carbocycles. The van der Waals surface area contributed by atoms with E-state index in [0.29, 0.717) is 23.3 Å². The molecule has 1 rings (SSSR count). The smallest absolute Gasteiger partial charge is 0.385 e. The van der Waals surface area contributed by atoms with Crippen molar-refractivity contribution in [1.82, 2.24) is 0 Å². The van der Waals surface area contributed by atoms with Gasteiger partial charge in [0.2, 0.25) is 0 Å². The van der Waals surface area contributed by atoms with Gasteiger partial charge in [-0.2, -0.15) is 13.2 Å². The number of methoxy groups -OCH3 is 1. The Hall–Kier alpha value is -0.750. The van der Waals surface area contributed by atoms with Gasteiger partial charge in [-0.15, -0.1) is 0 Å². The van der Waals surface area contributed by atoms with Crippen LogP contribution in [-0.2, 0) is 10.9 Å². The van der Waals surface area contributed by atoms with E-state index in [0.717, 1.165) is 18.6 Å². The Morgan fingerprint density at radius 2 is 2.06 bits per heavy atom. The Morgan fingerprint density at radius 1 is 1.35 bits per heavy atom. The van der Waals surface area contributed by atoms with Gasteiger partial charge in [-0.1, -0.05) is 0 Å². The highest BCUT2D eigenvalue weighted by Gasteiger charge is 2.30. The fraction of sp³-hybridized carbons (Fsp3) is 0.455. The van der Waals surface area contributed by atoms with Gasteiger partial charge in [0.25, 0.3) is 0 Å². The van der Waals surface area contributed by atoms with E-state index in [2.05, 4.69) is 21.2 Å². The summed E-state index contributed by atoms with van der Waals surface area (Å²) < 4.78 is 42.9. The Morgan fingerprint density at radius 3 is 2.65 bits per heavy atom. The number of nitrogens with one attached hydrogen (secondary N) is 1. The molecule has 0 unspecified atom stereocenters. The van der Waals surface area contributed by atoms with Gasteiger partial charge in [0, 0.05) is 30.4 Å². The minimum absolute atomic E-state index is 0.441. The quantitative estimate of drug-likeness (QED) is 0.832. The molecule has 0 aliphatic rings. The van der Waals surface area contributed by atoms with Crippen LogP contribution in [0.25, 0.3) is 0 Å². The summed E-state index contributed by atoms with van der Waals surface area (Å²) in [6.07, 6.45) is -3.58. The van der Waals surface area contributed by atoms with E-state index < -0.39 is 11.7 Å². The predicted octanol–water partition coefficient (Wildman–Crippen LogP) is 3.92. The van der Waals surface area contributed by atoms with Crippen LogP contribution in [0.1, 0.15) is 12.0 Å². The van der Waals surface area contributed by atoms with Crippen LogP contribution < -0.4 is 5.32 Å². The van der Waals surface area contributed by atoms with Gasteiger partial charge in [0.1, 0.15) is 0 Å². The Balaban J connectivity index is 2.70. The van der Waals surface area contributed by atoms with Crippen molar-refractivity contribution in [2.45, 2.75) is 12.6 Å². The van der Waals surface area contributed by atoms with Gasteiger partial charge in [0.05, 0.1) is 5.56 Å². The summed E-state index contributed by atoms with van der Waals surface area (Å²) >= 11 is 3.21. The number of hydrogen-bond donors (Lipinski definition) is 1. The normalized spacial score (nSPS) is 11.6. The molecule has 0 fully saturated rings. The summed E-state index contributed by atoms with van der Waals surface area (Å²) in [5, 5.41) is 2.93. The standard InChI is InChI=1S/C11H13BrF3NO/c1-17-6-2-5-16-10-7-8(11(13,14)15)3-4-9(10)12/h3-4,7,16H,2,5-6H2,1H3. The van der Waals surface area contributed by atoms with Crippen molar-refractivity contribution in [3.63, 3.8) is 0 Å². The molecule has 0 aliphatic heterocycles. The van der Waals surface area contributed by atoms with Gasteiger partial charge in [-0.25, -0.2) is 0 Å². The molecule has 0 saturated heterocycles. The summed E-state index contributed by atoms with van der Waals surface area (Å²) in [7, 11) is 1.58. The molecular weight excluding hydrogens is 299 g/mol. The first-order valence-electron chi connectivity index (χ1n) is 5.04. The van der Waals surface area contributed by atoms with Gasteiger partial charge in [-0.05, 0) is 40.5 Å². The molecule has 0 heterocycles. The second kappa shape index (κ2) is 6.26. The van der Waals surface area contributed by atoms with Crippen molar-refractivity contribution < 1.29 is 17.9 Å². The van der Waals surface area contributed by atoms with Crippen LogP contribution in [0.4, 0.5) is 18.9 Å². The molecule has 0 amide bonds. The molecule has 6 heteroatoms. The van der Waals surface area contributed by atoms with Crippen molar-refractivity contribution in [2.75, 3.05) is 25.6 Å². The Kier molecular flexibility index (Phi) is 5.27. The average molecular weight is 312 g/mol. The van der Waals surface area contributed by atoms with E-state index >= 15 is 0 Å². The number of alkyl halides is 3. The van der Waals surface area contributed by atoms with E-state index in [1.165, 1.54) is 6.07 Å². The van der Waals surface area contributed by atoms with Crippen molar-refractivity contribution in [1.29, 1.82) is 0 Å². The molecule has 0 radical (unpaired) electrons. The Bertz CT molecular complexity index is 368. The molecule has 0 spiro atoms. The summed E-state index contributed by atoms with van der Waals surface area (Å²) in [5.74, 6) is 0. The molecule has 96 valence electrons. The third kappa shape index (κ3) is 4.55. The monoisotopic (exact) mass is 311 g/mol. The molecule has 0 aromatic heterocycles. The third-order valence-electron chi connectivity index (χ3n) is 2.13. The SMILES string of the molecule is COCCCNc1cc(C(F)(F)F)ccc1Br. The van der Waals surface area contributed by atoms with E-state index in [4.69, 9.17) is 4.74 Å². The van der Waals surface area contributed by atoms with Crippen LogP contribution in [0.15, 0.2) is 22.7 Å². The highest BCUT2D eigenvalue weighted by atomic mass is 79.9. The number of benzene rings is 1. The average Bonchev–Trinajstić information content (AvgIpc) is 2.25. The zero-order valence-corrected chi connectivity index (χ0v) is 10.9. The highest BCUT2D eigenvalue weighted by molar-refractivity contribution is 9.10. The van der Waals surface area contributed by atoms with E-state index in [1.807, 2.05) is 0 Å². The lowest BCUT2D eigenvalue weighted by Gasteiger charge is -2.12. The first-order valence-corrected chi connectivity index (χ1v) is 5.84. The molecule has 2 nitrogen and oxygen atoms in total. The summed E-state index contributed by atoms with van der Waals surface area (Å²) in [6, 6.07) is 3.53. The number of anilines is 1. The number of hydrogen-bond acceptors (Lipinski definition) is 2. The summed E-state index contributed by atoms with van der Waals surface area (Å²) in [6.45, 7) is 1.14. The number of rotatable bonds is 5. The molecule has 1 N–H and O–H groups in total. The van der Waals surface area contributed by atoms with Crippen molar-refractivity contribution in [2.24, 2.45) is 0 Å². The second-order valence-electron chi connectivity index (χ2n) is 3.47. The largest absolute Gasteiger partial charge is 0.416 e. The fourth-order valence-electron chi connectivity index (χ4n) is 1.28. The molecule has 0 aliphatic carbocycles. The maximum absolute atomic E-state index is 12.5. The minimum atomic E-state index is -4.32. The molecule has 0 saturated carbocycles. The predicted molar refractivity (Wildman–Crippen MR) is 64.1 cm³/mol. The lowest BCUT2D eigenvalue weighted by atomic mass is 10.2. The Labute approximate surface area is 106 Å². The zero-order chi connectivity index (χ0) is 12.9. The van der Waals surface area contributed by atoms with Gasteiger partial charge in [0.15, 0.2) is 0 Å². The van der Waals surface area contributed by atoms with Crippen LogP contribution >= 0.6 is 15.9 Å². The van der Waals surface area contributed by atoms with Gasteiger partial charge in [-0.3, -0.25) is 0 Å².